The number of amides is 2. The fourth-order valence-electron chi connectivity index (χ4n) is 1.87. The lowest BCUT2D eigenvalue weighted by molar-refractivity contribution is 0.0928. The van der Waals surface area contributed by atoms with Gasteiger partial charge in [-0.05, 0) is 43.9 Å². The Bertz CT molecular complexity index is 412. The molecule has 0 bridgehead atoms. The molecule has 4 heteroatoms. The van der Waals surface area contributed by atoms with Crippen LogP contribution in [-0.2, 0) is 4.74 Å². The number of hydrogen-bond donors (Lipinski definition) is 2. The molecule has 92 valence electrons. The van der Waals surface area contributed by atoms with Gasteiger partial charge in [-0.1, -0.05) is 12.1 Å². The number of carbonyl (C=O) groups is 1. The summed E-state index contributed by atoms with van der Waals surface area (Å²) in [6, 6.07) is 5.78. The largest absolute Gasteiger partial charge is 0.358 e. The lowest BCUT2D eigenvalue weighted by Gasteiger charge is -2.14. The Labute approximate surface area is 101 Å². The van der Waals surface area contributed by atoms with E-state index in [4.69, 9.17) is 4.74 Å². The predicted molar refractivity (Wildman–Crippen MR) is 67.0 cm³/mol. The summed E-state index contributed by atoms with van der Waals surface area (Å²) in [5.41, 5.74) is 3.03. The number of benzene rings is 1. The van der Waals surface area contributed by atoms with Crippen LogP contribution in [0.1, 0.15) is 24.0 Å². The number of carbonyl (C=O) groups excluding carboxylic acids is 1. The van der Waals surface area contributed by atoms with Crippen molar-refractivity contribution < 1.29 is 9.53 Å². The van der Waals surface area contributed by atoms with E-state index >= 15 is 0 Å². The van der Waals surface area contributed by atoms with Gasteiger partial charge in [-0.3, -0.25) is 0 Å². The van der Waals surface area contributed by atoms with Gasteiger partial charge in [0.2, 0.25) is 0 Å². The van der Waals surface area contributed by atoms with E-state index in [0.717, 1.165) is 36.3 Å². The third-order valence-corrected chi connectivity index (χ3v) is 2.86. The van der Waals surface area contributed by atoms with Crippen molar-refractivity contribution in [1.82, 2.24) is 5.32 Å². The first-order valence-electron chi connectivity index (χ1n) is 5.91. The van der Waals surface area contributed by atoms with Gasteiger partial charge in [0, 0.05) is 12.3 Å². The molecule has 1 atom stereocenters. The molecule has 0 aromatic heterocycles. The van der Waals surface area contributed by atoms with Gasteiger partial charge in [-0.25, -0.2) is 4.79 Å². The number of aryl methyl sites for hydroxylation is 2. The number of rotatable bonds is 2. The molecule has 2 N–H and O–H groups in total. The predicted octanol–water partition coefficient (Wildman–Crippen LogP) is 2.56. The first kappa shape index (κ1) is 11.9. The van der Waals surface area contributed by atoms with E-state index in [1.165, 1.54) is 0 Å². The second kappa shape index (κ2) is 5.19. The first-order valence-corrected chi connectivity index (χ1v) is 5.91. The number of anilines is 1. The molecule has 17 heavy (non-hydrogen) atoms. The van der Waals surface area contributed by atoms with Gasteiger partial charge in [0.25, 0.3) is 0 Å². The Morgan fingerprint density at radius 3 is 2.94 bits per heavy atom. The Balaban J connectivity index is 1.95. The molecule has 0 radical (unpaired) electrons. The van der Waals surface area contributed by atoms with Crippen LogP contribution in [0.4, 0.5) is 10.5 Å². The van der Waals surface area contributed by atoms with Crippen LogP contribution >= 0.6 is 0 Å². The fraction of sp³-hybridized carbons (Fsp3) is 0.462. The Kier molecular flexibility index (Phi) is 3.64. The first-order chi connectivity index (χ1) is 8.15. The van der Waals surface area contributed by atoms with Gasteiger partial charge in [0.15, 0.2) is 0 Å². The Hall–Kier alpha value is -1.55. The van der Waals surface area contributed by atoms with Gasteiger partial charge < -0.3 is 15.4 Å². The molecule has 1 aromatic rings. The van der Waals surface area contributed by atoms with Crippen LogP contribution in [-0.4, -0.2) is 18.9 Å². The minimum absolute atomic E-state index is 0.139. The van der Waals surface area contributed by atoms with E-state index in [0.29, 0.717) is 0 Å². The van der Waals surface area contributed by atoms with Crippen molar-refractivity contribution in [1.29, 1.82) is 0 Å². The van der Waals surface area contributed by atoms with Crippen LogP contribution in [0, 0.1) is 13.8 Å². The van der Waals surface area contributed by atoms with Crippen LogP contribution in [0.3, 0.4) is 0 Å². The summed E-state index contributed by atoms with van der Waals surface area (Å²) in [4.78, 5) is 11.7. The lowest BCUT2D eigenvalue weighted by Crippen LogP contribution is -2.37. The number of urea groups is 1. The smallest absolute Gasteiger partial charge is 0.321 e. The average Bonchev–Trinajstić information content (AvgIpc) is 2.76. The second-order valence-corrected chi connectivity index (χ2v) is 4.42. The van der Waals surface area contributed by atoms with E-state index in [1.807, 2.05) is 32.0 Å². The maximum absolute atomic E-state index is 11.7. The summed E-state index contributed by atoms with van der Waals surface area (Å²) in [6.45, 7) is 4.71. The molecule has 2 rings (SSSR count). The van der Waals surface area contributed by atoms with E-state index in [1.54, 1.807) is 0 Å². The monoisotopic (exact) mass is 234 g/mol. The maximum Gasteiger partial charge on any atom is 0.321 e. The van der Waals surface area contributed by atoms with Crippen molar-refractivity contribution in [2.24, 2.45) is 0 Å². The standard InChI is InChI=1S/C13H18N2O2/c1-9-5-6-10(2)11(8-9)14-13(16)15-12-4-3-7-17-12/h5-6,8,12H,3-4,7H2,1-2H3,(H2,14,15,16). The number of nitrogens with one attached hydrogen (secondary N) is 2. The van der Waals surface area contributed by atoms with Crippen LogP contribution in [0.5, 0.6) is 0 Å². The molecular weight excluding hydrogens is 216 g/mol. The Morgan fingerprint density at radius 1 is 1.41 bits per heavy atom. The molecule has 1 heterocycles. The molecule has 0 saturated carbocycles. The minimum atomic E-state index is -0.203. The molecule has 0 aliphatic carbocycles. The number of hydrogen-bond acceptors (Lipinski definition) is 2. The van der Waals surface area contributed by atoms with Crippen LogP contribution in [0.25, 0.3) is 0 Å². The summed E-state index contributed by atoms with van der Waals surface area (Å²) in [7, 11) is 0. The van der Waals surface area contributed by atoms with E-state index < -0.39 is 0 Å². The van der Waals surface area contributed by atoms with Gasteiger partial charge in [-0.2, -0.15) is 0 Å². The summed E-state index contributed by atoms with van der Waals surface area (Å²) in [5, 5.41) is 5.65. The molecule has 0 spiro atoms. The number of ether oxygens (including phenoxy) is 1. The van der Waals surface area contributed by atoms with Gasteiger partial charge in [0.05, 0.1) is 0 Å². The van der Waals surface area contributed by atoms with Gasteiger partial charge in [-0.15, -0.1) is 0 Å². The molecule has 1 fully saturated rings. The summed E-state index contributed by atoms with van der Waals surface area (Å²) in [5.74, 6) is 0. The zero-order valence-corrected chi connectivity index (χ0v) is 10.2. The Morgan fingerprint density at radius 2 is 2.24 bits per heavy atom. The minimum Gasteiger partial charge on any atom is -0.358 e. The van der Waals surface area contributed by atoms with Crippen molar-refractivity contribution >= 4 is 11.7 Å². The zero-order chi connectivity index (χ0) is 12.3. The van der Waals surface area contributed by atoms with Crippen LogP contribution < -0.4 is 10.6 Å². The zero-order valence-electron chi connectivity index (χ0n) is 10.2. The van der Waals surface area contributed by atoms with Crippen molar-refractivity contribution in [3.63, 3.8) is 0 Å². The van der Waals surface area contributed by atoms with Crippen molar-refractivity contribution in [3.8, 4) is 0 Å². The van der Waals surface area contributed by atoms with E-state index in [2.05, 4.69) is 10.6 Å². The highest BCUT2D eigenvalue weighted by Gasteiger charge is 2.17. The second-order valence-electron chi connectivity index (χ2n) is 4.42. The van der Waals surface area contributed by atoms with Crippen molar-refractivity contribution in [2.75, 3.05) is 11.9 Å². The van der Waals surface area contributed by atoms with Crippen LogP contribution in [0.15, 0.2) is 18.2 Å². The normalized spacial score (nSPS) is 19.1. The molecule has 4 nitrogen and oxygen atoms in total. The van der Waals surface area contributed by atoms with Gasteiger partial charge >= 0.3 is 6.03 Å². The topological polar surface area (TPSA) is 50.4 Å². The van der Waals surface area contributed by atoms with E-state index in [9.17, 15) is 4.79 Å². The molecule has 1 aromatic carbocycles. The summed E-state index contributed by atoms with van der Waals surface area (Å²) >= 11 is 0. The SMILES string of the molecule is Cc1ccc(C)c(NC(=O)NC2CCCO2)c1. The van der Waals surface area contributed by atoms with E-state index in [-0.39, 0.29) is 12.3 Å². The highest BCUT2D eigenvalue weighted by molar-refractivity contribution is 5.90. The molecular formula is C13H18N2O2. The molecule has 1 aliphatic rings. The molecule has 1 aliphatic heterocycles. The third kappa shape index (κ3) is 3.20. The highest BCUT2D eigenvalue weighted by Crippen LogP contribution is 2.16. The summed E-state index contributed by atoms with van der Waals surface area (Å²) < 4.78 is 5.34. The average molecular weight is 234 g/mol. The lowest BCUT2D eigenvalue weighted by atomic mass is 10.1. The highest BCUT2D eigenvalue weighted by atomic mass is 16.5. The molecule has 1 unspecified atom stereocenters. The maximum atomic E-state index is 11.7. The molecule has 1 saturated heterocycles. The van der Waals surface area contributed by atoms with Gasteiger partial charge in [0.1, 0.15) is 6.23 Å². The van der Waals surface area contributed by atoms with Crippen LogP contribution in [0.2, 0.25) is 0 Å². The quantitative estimate of drug-likeness (QED) is 0.826. The third-order valence-electron chi connectivity index (χ3n) is 2.86. The summed E-state index contributed by atoms with van der Waals surface area (Å²) in [6.07, 6.45) is 1.76. The molecule has 2 amide bonds. The van der Waals surface area contributed by atoms with Crippen molar-refractivity contribution in [2.45, 2.75) is 32.9 Å². The van der Waals surface area contributed by atoms with Crippen molar-refractivity contribution in [3.05, 3.63) is 29.3 Å². The fourth-order valence-corrected chi connectivity index (χ4v) is 1.87.